The third-order valence-electron chi connectivity index (χ3n) is 2.61. The molecule has 1 aliphatic heterocycles. The number of fused-ring (bicyclic) bond motifs is 1. The molecular formula is C11H14FNO. The van der Waals surface area contributed by atoms with Crippen molar-refractivity contribution in [1.29, 1.82) is 0 Å². The van der Waals surface area contributed by atoms with Crippen molar-refractivity contribution >= 4 is 0 Å². The maximum atomic E-state index is 13.2. The van der Waals surface area contributed by atoms with Gasteiger partial charge in [0.05, 0.1) is 6.61 Å². The van der Waals surface area contributed by atoms with Crippen molar-refractivity contribution in [2.45, 2.75) is 25.8 Å². The molecule has 0 bridgehead atoms. The van der Waals surface area contributed by atoms with Crippen molar-refractivity contribution in [1.82, 2.24) is 0 Å². The van der Waals surface area contributed by atoms with Gasteiger partial charge in [0.1, 0.15) is 11.6 Å². The summed E-state index contributed by atoms with van der Waals surface area (Å²) in [5.74, 6) is 0.578. The van der Waals surface area contributed by atoms with Crippen molar-refractivity contribution in [3.63, 3.8) is 0 Å². The molecular weight excluding hydrogens is 181 g/mol. The Hall–Kier alpha value is -1.09. The van der Waals surface area contributed by atoms with Gasteiger partial charge in [0.15, 0.2) is 0 Å². The summed E-state index contributed by atoms with van der Waals surface area (Å²) in [6, 6.07) is 2.93. The van der Waals surface area contributed by atoms with Crippen LogP contribution in [0, 0.1) is 5.82 Å². The Kier molecular flexibility index (Phi) is 2.42. The molecule has 76 valence electrons. The monoisotopic (exact) mass is 195 g/mol. The molecule has 0 aliphatic carbocycles. The van der Waals surface area contributed by atoms with E-state index in [-0.39, 0.29) is 11.9 Å². The SMILES string of the molecule is CCc1cc(F)cc2c1OCC[C@@H]2N. The predicted molar refractivity (Wildman–Crippen MR) is 52.8 cm³/mol. The molecule has 14 heavy (non-hydrogen) atoms. The summed E-state index contributed by atoms with van der Waals surface area (Å²) in [7, 11) is 0. The van der Waals surface area contributed by atoms with E-state index in [0.29, 0.717) is 6.61 Å². The fourth-order valence-electron chi connectivity index (χ4n) is 1.83. The molecule has 0 amide bonds. The van der Waals surface area contributed by atoms with Crippen LogP contribution in [-0.4, -0.2) is 6.61 Å². The number of ether oxygens (including phenoxy) is 1. The van der Waals surface area contributed by atoms with Gasteiger partial charge in [-0.3, -0.25) is 0 Å². The maximum absolute atomic E-state index is 13.2. The topological polar surface area (TPSA) is 35.2 Å². The van der Waals surface area contributed by atoms with E-state index in [4.69, 9.17) is 10.5 Å². The van der Waals surface area contributed by atoms with Gasteiger partial charge in [-0.25, -0.2) is 4.39 Å². The van der Waals surface area contributed by atoms with Crippen LogP contribution in [0.3, 0.4) is 0 Å². The lowest BCUT2D eigenvalue weighted by atomic mass is 9.97. The van der Waals surface area contributed by atoms with Crippen LogP contribution in [0.5, 0.6) is 5.75 Å². The van der Waals surface area contributed by atoms with E-state index in [1.54, 1.807) is 0 Å². The normalized spacial score (nSPS) is 20.1. The van der Waals surface area contributed by atoms with Crippen LogP contribution in [0.15, 0.2) is 12.1 Å². The Morgan fingerprint density at radius 2 is 2.36 bits per heavy atom. The van der Waals surface area contributed by atoms with Gasteiger partial charge in [0, 0.05) is 18.0 Å². The highest BCUT2D eigenvalue weighted by atomic mass is 19.1. The van der Waals surface area contributed by atoms with Gasteiger partial charge < -0.3 is 10.5 Å². The summed E-state index contributed by atoms with van der Waals surface area (Å²) in [4.78, 5) is 0. The second-order valence-electron chi connectivity index (χ2n) is 3.58. The smallest absolute Gasteiger partial charge is 0.127 e. The maximum Gasteiger partial charge on any atom is 0.127 e. The van der Waals surface area contributed by atoms with Crippen LogP contribution in [-0.2, 0) is 6.42 Å². The number of benzene rings is 1. The summed E-state index contributed by atoms with van der Waals surface area (Å²) in [6.07, 6.45) is 1.53. The Labute approximate surface area is 82.9 Å². The zero-order valence-corrected chi connectivity index (χ0v) is 8.22. The lowest BCUT2D eigenvalue weighted by molar-refractivity contribution is 0.265. The van der Waals surface area contributed by atoms with E-state index < -0.39 is 0 Å². The van der Waals surface area contributed by atoms with Gasteiger partial charge in [-0.1, -0.05) is 6.92 Å². The first-order chi connectivity index (χ1) is 6.72. The van der Waals surface area contributed by atoms with Gasteiger partial charge in [-0.15, -0.1) is 0 Å². The predicted octanol–water partition coefficient (Wildman–Crippen LogP) is 2.17. The van der Waals surface area contributed by atoms with Crippen LogP contribution in [0.25, 0.3) is 0 Å². The zero-order chi connectivity index (χ0) is 10.1. The largest absolute Gasteiger partial charge is 0.493 e. The second-order valence-corrected chi connectivity index (χ2v) is 3.58. The third-order valence-corrected chi connectivity index (χ3v) is 2.61. The van der Waals surface area contributed by atoms with Gasteiger partial charge in [0.2, 0.25) is 0 Å². The molecule has 1 aromatic rings. The van der Waals surface area contributed by atoms with Crippen LogP contribution in [0.1, 0.15) is 30.5 Å². The van der Waals surface area contributed by atoms with Crippen LogP contribution in [0.4, 0.5) is 4.39 Å². The van der Waals surface area contributed by atoms with E-state index in [1.165, 1.54) is 12.1 Å². The summed E-state index contributed by atoms with van der Waals surface area (Å²) in [5.41, 5.74) is 7.62. The average Bonchev–Trinajstić information content (AvgIpc) is 2.18. The molecule has 1 atom stereocenters. The van der Waals surface area contributed by atoms with Crippen molar-refractivity contribution in [2.75, 3.05) is 6.61 Å². The number of nitrogens with two attached hydrogens (primary N) is 1. The van der Waals surface area contributed by atoms with Gasteiger partial charge in [-0.05, 0) is 24.1 Å². The highest BCUT2D eigenvalue weighted by Crippen LogP contribution is 2.34. The molecule has 3 heteroatoms. The molecule has 1 aliphatic rings. The number of rotatable bonds is 1. The molecule has 0 aromatic heterocycles. The molecule has 1 heterocycles. The summed E-state index contributed by atoms with van der Waals surface area (Å²) in [6.45, 7) is 2.62. The van der Waals surface area contributed by atoms with E-state index in [1.807, 2.05) is 6.92 Å². The van der Waals surface area contributed by atoms with Crippen molar-refractivity contribution in [3.8, 4) is 5.75 Å². The summed E-state index contributed by atoms with van der Waals surface area (Å²) in [5, 5.41) is 0. The molecule has 2 N–H and O–H groups in total. The van der Waals surface area contributed by atoms with Crippen molar-refractivity contribution < 1.29 is 9.13 Å². The minimum atomic E-state index is -0.221. The first-order valence-electron chi connectivity index (χ1n) is 4.93. The minimum Gasteiger partial charge on any atom is -0.493 e. The van der Waals surface area contributed by atoms with Crippen molar-refractivity contribution in [2.24, 2.45) is 5.73 Å². The first-order valence-corrected chi connectivity index (χ1v) is 4.93. The minimum absolute atomic E-state index is 0.0836. The lowest BCUT2D eigenvalue weighted by Crippen LogP contribution is -2.21. The standard InChI is InChI=1S/C11H14FNO/c1-2-7-5-8(12)6-9-10(13)3-4-14-11(7)9/h5-6,10H,2-4,13H2,1H3/t10-/m0/s1. The number of hydrogen-bond acceptors (Lipinski definition) is 2. The third kappa shape index (κ3) is 1.48. The van der Waals surface area contributed by atoms with E-state index >= 15 is 0 Å². The fraction of sp³-hybridized carbons (Fsp3) is 0.455. The van der Waals surface area contributed by atoms with Crippen LogP contribution < -0.4 is 10.5 Å². The molecule has 2 rings (SSSR count). The van der Waals surface area contributed by atoms with E-state index in [9.17, 15) is 4.39 Å². The molecule has 0 radical (unpaired) electrons. The van der Waals surface area contributed by atoms with Gasteiger partial charge >= 0.3 is 0 Å². The van der Waals surface area contributed by atoms with Crippen molar-refractivity contribution in [3.05, 3.63) is 29.1 Å². The highest BCUT2D eigenvalue weighted by molar-refractivity contribution is 5.45. The molecule has 1 aromatic carbocycles. The molecule has 0 fully saturated rings. The van der Waals surface area contributed by atoms with Crippen LogP contribution >= 0.6 is 0 Å². The van der Waals surface area contributed by atoms with Gasteiger partial charge in [0.25, 0.3) is 0 Å². The molecule has 0 saturated carbocycles. The Morgan fingerprint density at radius 3 is 3.07 bits per heavy atom. The van der Waals surface area contributed by atoms with Crippen LogP contribution in [0.2, 0.25) is 0 Å². The number of halogens is 1. The number of hydrogen-bond donors (Lipinski definition) is 1. The molecule has 0 saturated heterocycles. The summed E-state index contributed by atoms with van der Waals surface area (Å²) >= 11 is 0. The lowest BCUT2D eigenvalue weighted by Gasteiger charge is -2.25. The molecule has 2 nitrogen and oxygen atoms in total. The second kappa shape index (κ2) is 3.58. The molecule has 0 unspecified atom stereocenters. The Bertz CT molecular complexity index is 351. The number of aryl methyl sites for hydroxylation is 1. The van der Waals surface area contributed by atoms with E-state index in [2.05, 4.69) is 0 Å². The average molecular weight is 195 g/mol. The molecule has 0 spiro atoms. The zero-order valence-electron chi connectivity index (χ0n) is 8.22. The highest BCUT2D eigenvalue weighted by Gasteiger charge is 2.21. The van der Waals surface area contributed by atoms with Gasteiger partial charge in [-0.2, -0.15) is 0 Å². The van der Waals surface area contributed by atoms with E-state index in [0.717, 1.165) is 29.7 Å². The quantitative estimate of drug-likeness (QED) is 0.745. The Balaban J connectivity index is 2.54. The summed E-state index contributed by atoms with van der Waals surface area (Å²) < 4.78 is 18.7. The first kappa shape index (κ1) is 9.46. The Morgan fingerprint density at radius 1 is 1.57 bits per heavy atom. The fourth-order valence-corrected chi connectivity index (χ4v) is 1.83.